The SMILES string of the molecule is Cc1ccc(-c2n[n-]c(=S)o2)c(C(C)C)c1.Cc1ccc(-c2n[n-]c(=S)o2)c(C(C)C)c1.[Zn+2]. The Morgan fingerprint density at radius 3 is 1.33 bits per heavy atom. The summed E-state index contributed by atoms with van der Waals surface area (Å²) >= 11 is 9.65. The smallest absolute Gasteiger partial charge is 0.532 e. The van der Waals surface area contributed by atoms with Gasteiger partial charge in [-0.05, 0) is 48.9 Å². The van der Waals surface area contributed by atoms with Crippen molar-refractivity contribution in [2.24, 2.45) is 0 Å². The second-order valence-corrected chi connectivity index (χ2v) is 8.94. The normalized spacial score (nSPS) is 10.7. The Morgan fingerprint density at radius 2 is 1.06 bits per heavy atom. The summed E-state index contributed by atoms with van der Waals surface area (Å²) in [6.07, 6.45) is 0. The summed E-state index contributed by atoms with van der Waals surface area (Å²) in [4.78, 5) is 0.371. The van der Waals surface area contributed by atoms with E-state index in [2.05, 4.69) is 74.1 Å². The summed E-state index contributed by atoms with van der Waals surface area (Å²) in [7, 11) is 0. The number of hydrogen-bond acceptors (Lipinski definition) is 6. The van der Waals surface area contributed by atoms with Crippen molar-refractivity contribution < 1.29 is 28.3 Å². The van der Waals surface area contributed by atoms with Crippen molar-refractivity contribution in [1.29, 1.82) is 0 Å². The Labute approximate surface area is 217 Å². The molecule has 33 heavy (non-hydrogen) atoms. The van der Waals surface area contributed by atoms with Gasteiger partial charge in [0.2, 0.25) is 11.8 Å². The summed E-state index contributed by atoms with van der Waals surface area (Å²) in [5, 5.41) is 15.3. The molecule has 0 saturated heterocycles. The molecular weight excluding hydrogens is 506 g/mol. The molecule has 0 spiro atoms. The molecule has 0 radical (unpaired) electrons. The van der Waals surface area contributed by atoms with Crippen LogP contribution in [0.25, 0.3) is 22.9 Å². The molecular formula is C24H26N4O2S2Zn. The van der Waals surface area contributed by atoms with Gasteiger partial charge in [-0.1, -0.05) is 87.5 Å². The van der Waals surface area contributed by atoms with E-state index in [4.69, 9.17) is 33.3 Å². The molecule has 0 aliphatic carbocycles. The molecule has 2 aromatic carbocycles. The summed E-state index contributed by atoms with van der Waals surface area (Å²) in [6.45, 7) is 12.7. The Balaban J connectivity index is 0.000000227. The zero-order valence-electron chi connectivity index (χ0n) is 19.7. The van der Waals surface area contributed by atoms with Gasteiger partial charge in [0.15, 0.2) is 0 Å². The predicted molar refractivity (Wildman–Crippen MR) is 130 cm³/mol. The van der Waals surface area contributed by atoms with Crippen molar-refractivity contribution >= 4 is 24.4 Å². The minimum Gasteiger partial charge on any atom is -0.532 e. The first kappa shape index (κ1) is 27.0. The third kappa shape index (κ3) is 6.89. The molecule has 0 aliphatic heterocycles. The number of rotatable bonds is 4. The second kappa shape index (κ2) is 11.8. The van der Waals surface area contributed by atoms with Crippen LogP contribution in [0.1, 0.15) is 61.8 Å². The van der Waals surface area contributed by atoms with Crippen molar-refractivity contribution in [2.45, 2.75) is 53.4 Å². The largest absolute Gasteiger partial charge is 2.00 e. The predicted octanol–water partition coefficient (Wildman–Crippen LogP) is 6.92. The van der Waals surface area contributed by atoms with Crippen molar-refractivity contribution in [2.75, 3.05) is 0 Å². The van der Waals surface area contributed by atoms with E-state index < -0.39 is 0 Å². The molecule has 0 aliphatic rings. The van der Waals surface area contributed by atoms with Crippen LogP contribution < -0.4 is 10.2 Å². The Kier molecular flexibility index (Phi) is 9.64. The first-order valence-corrected chi connectivity index (χ1v) is 11.2. The maximum atomic E-state index is 5.29. The Hall–Kier alpha value is -2.22. The topological polar surface area (TPSA) is 80.3 Å². The molecule has 4 rings (SSSR count). The molecule has 0 saturated carbocycles. The van der Waals surface area contributed by atoms with Gasteiger partial charge in [-0.2, -0.15) is 0 Å². The van der Waals surface area contributed by atoms with Crippen molar-refractivity contribution in [3.05, 3.63) is 68.3 Å². The standard InChI is InChI=1S/2C12H14N2OS.Zn/c2*1-7(2)10-6-8(3)4-5-9(10)11-13-14-12(16)15-11;/h2*4-7H,1-3H3,(H,14,16);/q;;+2/p-2. The number of aryl methyl sites for hydroxylation is 2. The molecule has 4 aromatic rings. The van der Waals surface area contributed by atoms with E-state index in [1.807, 2.05) is 24.3 Å². The average molecular weight is 532 g/mol. The van der Waals surface area contributed by atoms with E-state index >= 15 is 0 Å². The summed E-state index contributed by atoms with van der Waals surface area (Å²) in [6, 6.07) is 12.4. The molecule has 0 amide bonds. The molecule has 168 valence electrons. The number of nitrogens with zero attached hydrogens (tertiary/aromatic N) is 4. The Morgan fingerprint density at radius 1 is 0.697 bits per heavy atom. The first-order valence-electron chi connectivity index (χ1n) is 10.4. The van der Waals surface area contributed by atoms with E-state index in [1.165, 1.54) is 22.3 Å². The van der Waals surface area contributed by atoms with Gasteiger partial charge in [0.05, 0.1) is 0 Å². The van der Waals surface area contributed by atoms with E-state index in [0.29, 0.717) is 23.6 Å². The van der Waals surface area contributed by atoms with E-state index in [-0.39, 0.29) is 29.2 Å². The van der Waals surface area contributed by atoms with Gasteiger partial charge in [0, 0.05) is 11.1 Å². The average Bonchev–Trinajstić information content (AvgIpc) is 3.36. The van der Waals surface area contributed by atoms with Gasteiger partial charge in [-0.25, -0.2) is 0 Å². The fourth-order valence-electron chi connectivity index (χ4n) is 3.35. The van der Waals surface area contributed by atoms with Gasteiger partial charge >= 0.3 is 19.5 Å². The van der Waals surface area contributed by atoms with E-state index in [0.717, 1.165) is 11.1 Å². The molecule has 0 bridgehead atoms. The quantitative estimate of drug-likeness (QED) is 0.207. The molecule has 2 aromatic heterocycles. The van der Waals surface area contributed by atoms with Crippen LogP contribution in [0.15, 0.2) is 45.2 Å². The molecule has 0 N–H and O–H groups in total. The van der Waals surface area contributed by atoms with Crippen molar-refractivity contribution in [3.8, 4) is 22.9 Å². The van der Waals surface area contributed by atoms with Crippen LogP contribution in [-0.2, 0) is 19.5 Å². The van der Waals surface area contributed by atoms with Crippen molar-refractivity contribution in [1.82, 2.24) is 20.4 Å². The van der Waals surface area contributed by atoms with Crippen molar-refractivity contribution in [3.63, 3.8) is 0 Å². The first-order chi connectivity index (χ1) is 15.2. The van der Waals surface area contributed by atoms with Gasteiger partial charge in [0.25, 0.3) is 0 Å². The van der Waals surface area contributed by atoms with Crippen LogP contribution in [0.4, 0.5) is 0 Å². The van der Waals surface area contributed by atoms with Crippen LogP contribution in [0, 0.1) is 23.5 Å². The maximum absolute atomic E-state index is 5.29. The minimum absolute atomic E-state index is 0. The number of hydrogen-bond donors (Lipinski definition) is 0. The molecule has 0 atom stereocenters. The third-order valence-electron chi connectivity index (χ3n) is 4.93. The molecule has 9 heteroatoms. The van der Waals surface area contributed by atoms with Gasteiger partial charge < -0.3 is 29.2 Å². The maximum Gasteiger partial charge on any atom is 2.00 e. The van der Waals surface area contributed by atoms with Gasteiger partial charge in [0.1, 0.15) is 9.67 Å². The van der Waals surface area contributed by atoms with Crippen LogP contribution in [-0.4, -0.2) is 10.2 Å². The zero-order chi connectivity index (χ0) is 23.4. The summed E-state index contributed by atoms with van der Waals surface area (Å²) < 4.78 is 10.6. The number of aromatic nitrogens is 4. The van der Waals surface area contributed by atoms with E-state index in [1.54, 1.807) is 0 Å². The fraction of sp³-hybridized carbons (Fsp3) is 0.333. The van der Waals surface area contributed by atoms with Gasteiger partial charge in [-0.15, -0.1) is 0 Å². The zero-order valence-corrected chi connectivity index (χ0v) is 24.3. The molecule has 0 unspecified atom stereocenters. The molecule has 2 heterocycles. The Bertz CT molecular complexity index is 1220. The third-order valence-corrected chi connectivity index (χ3v) is 5.26. The van der Waals surface area contributed by atoms with Crippen LogP contribution in [0.3, 0.4) is 0 Å². The van der Waals surface area contributed by atoms with Crippen LogP contribution in [0.5, 0.6) is 0 Å². The summed E-state index contributed by atoms with van der Waals surface area (Å²) in [5.41, 5.74) is 6.82. The van der Waals surface area contributed by atoms with Gasteiger partial charge in [-0.3, -0.25) is 0 Å². The van der Waals surface area contributed by atoms with E-state index in [9.17, 15) is 0 Å². The van der Waals surface area contributed by atoms with Crippen LogP contribution in [0.2, 0.25) is 0 Å². The summed E-state index contributed by atoms with van der Waals surface area (Å²) in [5.74, 6) is 1.84. The minimum atomic E-state index is 0. The number of benzene rings is 2. The molecule has 6 nitrogen and oxygen atoms in total. The monoisotopic (exact) mass is 530 g/mol. The van der Waals surface area contributed by atoms with Crippen LogP contribution >= 0.6 is 24.4 Å². The second-order valence-electron chi connectivity index (χ2n) is 8.24. The molecule has 0 fully saturated rings. The fourth-order valence-corrected chi connectivity index (χ4v) is 3.59.